The van der Waals surface area contributed by atoms with E-state index >= 15 is 0 Å². The van der Waals surface area contributed by atoms with Crippen LogP contribution in [0, 0.1) is 0 Å². The summed E-state index contributed by atoms with van der Waals surface area (Å²) in [5.74, 6) is -0.497. The Morgan fingerprint density at radius 1 is 1.12 bits per heavy atom. The fourth-order valence-corrected chi connectivity index (χ4v) is 2.87. The third-order valence-electron chi connectivity index (χ3n) is 3.94. The second-order valence-electron chi connectivity index (χ2n) is 5.89. The topological polar surface area (TPSA) is 52.7 Å². The van der Waals surface area contributed by atoms with Gasteiger partial charge in [0.25, 0.3) is 5.91 Å². The normalized spacial score (nSPS) is 17.3. The molecule has 1 saturated heterocycles. The highest BCUT2D eigenvalue weighted by atomic mass is 35.5. The van der Waals surface area contributed by atoms with Crippen LogP contribution in [0.5, 0.6) is 0 Å². The number of benzene rings is 2. The van der Waals surface area contributed by atoms with Gasteiger partial charge in [0.1, 0.15) is 6.04 Å². The highest BCUT2D eigenvalue weighted by Crippen LogP contribution is 2.27. The SMILES string of the molecule is CN(C)c1ccc(N[C@@H]2CC(=O)N(c3cccc(Cl)c3)C2=O)cc1. The molecule has 2 amide bonds. The average molecular weight is 344 g/mol. The molecule has 1 atom stereocenters. The summed E-state index contributed by atoms with van der Waals surface area (Å²) in [5, 5.41) is 3.63. The number of nitrogens with zero attached hydrogens (tertiary/aromatic N) is 2. The van der Waals surface area contributed by atoms with E-state index < -0.39 is 6.04 Å². The predicted molar refractivity (Wildman–Crippen MR) is 96.7 cm³/mol. The molecule has 124 valence electrons. The molecule has 3 rings (SSSR count). The van der Waals surface area contributed by atoms with E-state index in [2.05, 4.69) is 5.32 Å². The summed E-state index contributed by atoms with van der Waals surface area (Å²) in [4.78, 5) is 28.0. The lowest BCUT2D eigenvalue weighted by Crippen LogP contribution is -2.34. The van der Waals surface area contributed by atoms with Crippen LogP contribution in [0.3, 0.4) is 0 Å². The van der Waals surface area contributed by atoms with E-state index in [1.54, 1.807) is 24.3 Å². The number of anilines is 3. The van der Waals surface area contributed by atoms with Crippen LogP contribution in [0.1, 0.15) is 6.42 Å². The number of carbonyl (C=O) groups excluding carboxylic acids is 2. The van der Waals surface area contributed by atoms with Gasteiger partial charge in [0, 0.05) is 30.5 Å². The Labute approximate surface area is 145 Å². The van der Waals surface area contributed by atoms with Crippen LogP contribution in [0.4, 0.5) is 17.1 Å². The van der Waals surface area contributed by atoms with Crippen LogP contribution in [-0.4, -0.2) is 32.0 Å². The Bertz CT molecular complexity index is 774. The van der Waals surface area contributed by atoms with Gasteiger partial charge in [-0.25, -0.2) is 4.90 Å². The van der Waals surface area contributed by atoms with Gasteiger partial charge in [0.2, 0.25) is 5.91 Å². The number of carbonyl (C=O) groups is 2. The maximum atomic E-state index is 12.6. The van der Waals surface area contributed by atoms with Crippen LogP contribution in [0.2, 0.25) is 5.02 Å². The first-order valence-corrected chi connectivity index (χ1v) is 8.00. The zero-order valence-corrected chi connectivity index (χ0v) is 14.2. The van der Waals surface area contributed by atoms with E-state index in [4.69, 9.17) is 11.6 Å². The van der Waals surface area contributed by atoms with E-state index in [0.717, 1.165) is 11.4 Å². The minimum absolute atomic E-state index is 0.126. The van der Waals surface area contributed by atoms with Crippen LogP contribution in [0.25, 0.3) is 0 Å². The molecule has 0 spiro atoms. The summed E-state index contributed by atoms with van der Waals surface area (Å²) in [6.45, 7) is 0. The van der Waals surface area contributed by atoms with Crippen molar-refractivity contribution in [1.29, 1.82) is 0 Å². The molecule has 0 bridgehead atoms. The molecule has 2 aromatic carbocycles. The standard InChI is InChI=1S/C18H18ClN3O2/c1-21(2)14-8-6-13(7-9-14)20-16-11-17(23)22(18(16)24)15-5-3-4-12(19)10-15/h3-10,16,20H,11H2,1-2H3/t16-/m1/s1. The van der Waals surface area contributed by atoms with Gasteiger partial charge in [-0.1, -0.05) is 17.7 Å². The smallest absolute Gasteiger partial charge is 0.256 e. The maximum Gasteiger partial charge on any atom is 0.256 e. The molecule has 0 radical (unpaired) electrons. The van der Waals surface area contributed by atoms with Crippen LogP contribution in [-0.2, 0) is 9.59 Å². The molecule has 1 fully saturated rings. The maximum absolute atomic E-state index is 12.6. The molecule has 1 N–H and O–H groups in total. The summed E-state index contributed by atoms with van der Waals surface area (Å²) in [6, 6.07) is 13.9. The summed E-state index contributed by atoms with van der Waals surface area (Å²) >= 11 is 5.96. The zero-order chi connectivity index (χ0) is 17.3. The lowest BCUT2D eigenvalue weighted by Gasteiger charge is -2.17. The second-order valence-corrected chi connectivity index (χ2v) is 6.33. The molecule has 0 aliphatic carbocycles. The first-order valence-electron chi connectivity index (χ1n) is 7.62. The summed E-state index contributed by atoms with van der Waals surface area (Å²) in [7, 11) is 3.93. The zero-order valence-electron chi connectivity index (χ0n) is 13.5. The molecule has 5 nitrogen and oxygen atoms in total. The summed E-state index contributed by atoms with van der Waals surface area (Å²) < 4.78 is 0. The Hall–Kier alpha value is -2.53. The number of hydrogen-bond donors (Lipinski definition) is 1. The Kier molecular flexibility index (Phi) is 4.44. The number of rotatable bonds is 4. The summed E-state index contributed by atoms with van der Waals surface area (Å²) in [5.41, 5.74) is 2.37. The minimum Gasteiger partial charge on any atom is -0.378 e. The van der Waals surface area contributed by atoms with Gasteiger partial charge >= 0.3 is 0 Å². The second kappa shape index (κ2) is 6.53. The van der Waals surface area contributed by atoms with Crippen molar-refractivity contribution >= 4 is 40.5 Å². The molecular weight excluding hydrogens is 326 g/mol. The number of nitrogens with one attached hydrogen (secondary N) is 1. The van der Waals surface area contributed by atoms with Crippen molar-refractivity contribution < 1.29 is 9.59 Å². The van der Waals surface area contributed by atoms with Crippen molar-refractivity contribution in [2.45, 2.75) is 12.5 Å². The number of halogens is 1. The van der Waals surface area contributed by atoms with Crippen LogP contribution < -0.4 is 15.1 Å². The molecule has 0 unspecified atom stereocenters. The molecule has 0 saturated carbocycles. The van der Waals surface area contributed by atoms with Crippen LogP contribution in [0.15, 0.2) is 48.5 Å². The van der Waals surface area contributed by atoms with E-state index in [0.29, 0.717) is 10.7 Å². The lowest BCUT2D eigenvalue weighted by molar-refractivity contribution is -0.121. The molecule has 2 aromatic rings. The van der Waals surface area contributed by atoms with Gasteiger partial charge in [-0.2, -0.15) is 0 Å². The van der Waals surface area contributed by atoms with E-state index in [1.165, 1.54) is 4.90 Å². The molecule has 1 heterocycles. The van der Waals surface area contributed by atoms with E-state index in [1.807, 2.05) is 43.3 Å². The highest BCUT2D eigenvalue weighted by molar-refractivity contribution is 6.31. The van der Waals surface area contributed by atoms with Crippen LogP contribution >= 0.6 is 11.6 Å². The van der Waals surface area contributed by atoms with Gasteiger partial charge in [0.15, 0.2) is 0 Å². The third-order valence-corrected chi connectivity index (χ3v) is 4.17. The fourth-order valence-electron chi connectivity index (χ4n) is 2.69. The van der Waals surface area contributed by atoms with Crippen molar-refractivity contribution in [3.05, 3.63) is 53.6 Å². The number of hydrogen-bond acceptors (Lipinski definition) is 4. The minimum atomic E-state index is -0.568. The fraction of sp³-hybridized carbons (Fsp3) is 0.222. The third kappa shape index (κ3) is 3.21. The predicted octanol–water partition coefficient (Wildman–Crippen LogP) is 3.15. The largest absolute Gasteiger partial charge is 0.378 e. The highest BCUT2D eigenvalue weighted by Gasteiger charge is 2.39. The molecular formula is C18H18ClN3O2. The van der Waals surface area contributed by atoms with E-state index in [9.17, 15) is 9.59 Å². The van der Waals surface area contributed by atoms with Crippen molar-refractivity contribution in [3.63, 3.8) is 0 Å². The van der Waals surface area contributed by atoms with Crippen molar-refractivity contribution in [2.75, 3.05) is 29.2 Å². The van der Waals surface area contributed by atoms with Gasteiger partial charge in [0.05, 0.1) is 12.1 Å². The molecule has 1 aliphatic rings. The molecule has 6 heteroatoms. The van der Waals surface area contributed by atoms with E-state index in [-0.39, 0.29) is 18.2 Å². The van der Waals surface area contributed by atoms with Gasteiger partial charge < -0.3 is 10.2 Å². The molecule has 24 heavy (non-hydrogen) atoms. The van der Waals surface area contributed by atoms with Crippen molar-refractivity contribution in [2.24, 2.45) is 0 Å². The molecule has 0 aromatic heterocycles. The van der Waals surface area contributed by atoms with Gasteiger partial charge in [-0.05, 0) is 42.5 Å². The lowest BCUT2D eigenvalue weighted by atomic mass is 10.2. The number of imide groups is 1. The first kappa shape index (κ1) is 16.3. The monoisotopic (exact) mass is 343 g/mol. The average Bonchev–Trinajstić information content (AvgIpc) is 2.82. The Morgan fingerprint density at radius 3 is 2.46 bits per heavy atom. The Balaban J connectivity index is 1.76. The number of amides is 2. The van der Waals surface area contributed by atoms with Crippen molar-refractivity contribution in [3.8, 4) is 0 Å². The van der Waals surface area contributed by atoms with Gasteiger partial charge in [-0.3, -0.25) is 9.59 Å². The molecule has 1 aliphatic heterocycles. The Morgan fingerprint density at radius 2 is 1.83 bits per heavy atom. The quantitative estimate of drug-likeness (QED) is 0.866. The van der Waals surface area contributed by atoms with Gasteiger partial charge in [-0.15, -0.1) is 0 Å². The first-order chi connectivity index (χ1) is 11.5. The van der Waals surface area contributed by atoms with Crippen molar-refractivity contribution in [1.82, 2.24) is 0 Å². The summed E-state index contributed by atoms with van der Waals surface area (Å²) in [6.07, 6.45) is 0.126.